The van der Waals surface area contributed by atoms with Crippen molar-refractivity contribution in [1.29, 1.82) is 0 Å². The third-order valence-corrected chi connectivity index (χ3v) is 6.79. The Kier molecular flexibility index (Phi) is 6.73. The smallest absolute Gasteiger partial charge is 0.251 e. The molecule has 158 valence electrons. The first-order valence-corrected chi connectivity index (χ1v) is 11.6. The average Bonchev–Trinajstić information content (AvgIpc) is 3.18. The van der Waals surface area contributed by atoms with Gasteiger partial charge < -0.3 is 10.2 Å². The number of nitrogens with zero attached hydrogens (tertiary/aromatic N) is 1. The zero-order valence-electron chi connectivity index (χ0n) is 17.5. The summed E-state index contributed by atoms with van der Waals surface area (Å²) in [4.78, 5) is 27.2. The molecule has 1 aliphatic heterocycles. The first-order chi connectivity index (χ1) is 15.2. The molecule has 4 nitrogen and oxygen atoms in total. The number of benzene rings is 3. The standard InChI is InChI=1S/C26H26N2O2S/c1-2-23(20-11-7-4-8-12-20)27-25(30)21-13-15-22(16-14-21)26-28(24(29)18-31-26)17-19-9-5-3-6-10-19/h3-16,23,26H,2,17-18H2,1H3,(H,27,30)/t23-,26-/m0/s1. The van der Waals surface area contributed by atoms with Crippen LogP contribution in [-0.4, -0.2) is 22.5 Å². The summed E-state index contributed by atoms with van der Waals surface area (Å²) in [7, 11) is 0. The van der Waals surface area contributed by atoms with Crippen LogP contribution < -0.4 is 5.32 Å². The molecule has 2 amide bonds. The highest BCUT2D eigenvalue weighted by molar-refractivity contribution is 8.00. The van der Waals surface area contributed by atoms with E-state index in [-0.39, 0.29) is 23.2 Å². The molecule has 1 fully saturated rings. The Hall–Kier alpha value is -3.05. The van der Waals surface area contributed by atoms with Crippen molar-refractivity contribution in [3.63, 3.8) is 0 Å². The van der Waals surface area contributed by atoms with E-state index < -0.39 is 0 Å². The monoisotopic (exact) mass is 430 g/mol. The quantitative estimate of drug-likeness (QED) is 0.550. The van der Waals surface area contributed by atoms with Crippen LogP contribution in [-0.2, 0) is 11.3 Å². The average molecular weight is 431 g/mol. The summed E-state index contributed by atoms with van der Waals surface area (Å²) < 4.78 is 0. The van der Waals surface area contributed by atoms with Crippen molar-refractivity contribution in [2.45, 2.75) is 31.3 Å². The minimum atomic E-state index is -0.0847. The third-order valence-electron chi connectivity index (χ3n) is 5.54. The van der Waals surface area contributed by atoms with E-state index in [9.17, 15) is 9.59 Å². The van der Waals surface area contributed by atoms with E-state index in [4.69, 9.17) is 0 Å². The largest absolute Gasteiger partial charge is 0.345 e. The van der Waals surface area contributed by atoms with Crippen LogP contribution >= 0.6 is 11.8 Å². The summed E-state index contributed by atoms with van der Waals surface area (Å²) in [5.41, 5.74) is 3.89. The lowest BCUT2D eigenvalue weighted by Crippen LogP contribution is -2.28. The molecule has 4 rings (SSSR count). The lowest BCUT2D eigenvalue weighted by atomic mass is 10.0. The molecule has 3 aromatic rings. The van der Waals surface area contributed by atoms with Crippen molar-refractivity contribution in [2.24, 2.45) is 0 Å². The second kappa shape index (κ2) is 9.84. The lowest BCUT2D eigenvalue weighted by Gasteiger charge is -2.24. The number of amides is 2. The molecule has 1 heterocycles. The minimum Gasteiger partial charge on any atom is -0.345 e. The summed E-state index contributed by atoms with van der Waals surface area (Å²) >= 11 is 1.63. The molecule has 0 aromatic heterocycles. The maximum absolute atomic E-state index is 12.8. The number of thioether (sulfide) groups is 1. The zero-order valence-corrected chi connectivity index (χ0v) is 18.3. The first kappa shape index (κ1) is 21.2. The van der Waals surface area contributed by atoms with Crippen molar-refractivity contribution in [3.05, 3.63) is 107 Å². The molecule has 0 unspecified atom stereocenters. The Labute approximate surface area is 187 Å². The predicted molar refractivity (Wildman–Crippen MR) is 126 cm³/mol. The molecular formula is C26H26N2O2S. The summed E-state index contributed by atoms with van der Waals surface area (Å²) in [5.74, 6) is 0.544. The number of nitrogens with one attached hydrogen (secondary N) is 1. The molecule has 0 spiro atoms. The summed E-state index contributed by atoms with van der Waals surface area (Å²) in [6.45, 7) is 2.66. The molecule has 0 radical (unpaired) electrons. The third kappa shape index (κ3) is 5.00. The van der Waals surface area contributed by atoms with Crippen LogP contribution in [0.25, 0.3) is 0 Å². The molecule has 1 aliphatic rings. The highest BCUT2D eigenvalue weighted by Crippen LogP contribution is 2.39. The summed E-state index contributed by atoms with van der Waals surface area (Å²) in [5, 5.41) is 3.10. The van der Waals surface area contributed by atoms with E-state index >= 15 is 0 Å². The fraction of sp³-hybridized carbons (Fsp3) is 0.231. The van der Waals surface area contributed by atoms with Gasteiger partial charge in [-0.1, -0.05) is 79.7 Å². The van der Waals surface area contributed by atoms with Crippen LogP contribution in [0.2, 0.25) is 0 Å². The van der Waals surface area contributed by atoms with Gasteiger partial charge in [0.1, 0.15) is 5.37 Å². The van der Waals surface area contributed by atoms with E-state index in [2.05, 4.69) is 12.2 Å². The Morgan fingerprint density at radius 1 is 1.00 bits per heavy atom. The summed E-state index contributed by atoms with van der Waals surface area (Å²) in [6, 6.07) is 27.7. The van der Waals surface area contributed by atoms with Crippen molar-refractivity contribution >= 4 is 23.6 Å². The Morgan fingerprint density at radius 3 is 2.29 bits per heavy atom. The van der Waals surface area contributed by atoms with Crippen LogP contribution in [0.3, 0.4) is 0 Å². The van der Waals surface area contributed by atoms with E-state index in [0.717, 1.165) is 23.1 Å². The molecule has 0 bridgehead atoms. The lowest BCUT2D eigenvalue weighted by molar-refractivity contribution is -0.128. The predicted octanol–water partition coefficient (Wildman–Crippen LogP) is 5.34. The van der Waals surface area contributed by atoms with Gasteiger partial charge in [0.15, 0.2) is 0 Å². The van der Waals surface area contributed by atoms with Gasteiger partial charge in [-0.2, -0.15) is 0 Å². The molecule has 0 saturated carbocycles. The normalized spacial score (nSPS) is 16.9. The fourth-order valence-electron chi connectivity index (χ4n) is 3.83. The van der Waals surface area contributed by atoms with Crippen molar-refractivity contribution in [3.8, 4) is 0 Å². The molecule has 0 aliphatic carbocycles. The molecule has 2 atom stereocenters. The molecule has 3 aromatic carbocycles. The molecule has 1 saturated heterocycles. The van der Waals surface area contributed by atoms with E-state index in [1.807, 2.05) is 89.8 Å². The number of hydrogen-bond acceptors (Lipinski definition) is 3. The highest BCUT2D eigenvalue weighted by atomic mass is 32.2. The molecule has 31 heavy (non-hydrogen) atoms. The first-order valence-electron chi connectivity index (χ1n) is 10.6. The van der Waals surface area contributed by atoms with E-state index in [1.165, 1.54) is 0 Å². The van der Waals surface area contributed by atoms with Gasteiger partial charge in [0.2, 0.25) is 5.91 Å². The van der Waals surface area contributed by atoms with Gasteiger partial charge >= 0.3 is 0 Å². The maximum Gasteiger partial charge on any atom is 0.251 e. The minimum absolute atomic E-state index is 0.0160. The van der Waals surface area contributed by atoms with Gasteiger partial charge in [-0.15, -0.1) is 11.8 Å². The Balaban J connectivity index is 1.45. The topological polar surface area (TPSA) is 49.4 Å². The molecular weight excluding hydrogens is 404 g/mol. The fourth-order valence-corrected chi connectivity index (χ4v) is 5.02. The Morgan fingerprint density at radius 2 is 1.65 bits per heavy atom. The molecule has 5 heteroatoms. The van der Waals surface area contributed by atoms with Crippen molar-refractivity contribution < 1.29 is 9.59 Å². The summed E-state index contributed by atoms with van der Waals surface area (Å²) in [6.07, 6.45) is 0.823. The van der Waals surface area contributed by atoms with Crippen LogP contribution in [0.15, 0.2) is 84.9 Å². The SMILES string of the molecule is CC[C@H](NC(=O)c1ccc([C@@H]2SCC(=O)N2Cc2ccccc2)cc1)c1ccccc1. The van der Waals surface area contributed by atoms with Gasteiger partial charge in [-0.3, -0.25) is 9.59 Å². The number of hydrogen-bond donors (Lipinski definition) is 1. The van der Waals surface area contributed by atoms with Gasteiger partial charge in [-0.25, -0.2) is 0 Å². The van der Waals surface area contributed by atoms with Crippen LogP contribution in [0.5, 0.6) is 0 Å². The maximum atomic E-state index is 12.8. The number of rotatable bonds is 7. The van der Waals surface area contributed by atoms with Gasteiger partial charge in [0.25, 0.3) is 5.91 Å². The zero-order chi connectivity index (χ0) is 21.6. The van der Waals surface area contributed by atoms with Gasteiger partial charge in [-0.05, 0) is 35.2 Å². The molecule has 1 N–H and O–H groups in total. The highest BCUT2D eigenvalue weighted by Gasteiger charge is 2.32. The van der Waals surface area contributed by atoms with Crippen LogP contribution in [0.4, 0.5) is 0 Å². The van der Waals surface area contributed by atoms with Crippen molar-refractivity contribution in [2.75, 3.05) is 5.75 Å². The van der Waals surface area contributed by atoms with Gasteiger partial charge in [0, 0.05) is 12.1 Å². The van der Waals surface area contributed by atoms with Crippen LogP contribution in [0.1, 0.15) is 51.8 Å². The van der Waals surface area contributed by atoms with Crippen molar-refractivity contribution in [1.82, 2.24) is 10.2 Å². The Bertz CT molecular complexity index is 1020. The second-order valence-corrected chi connectivity index (χ2v) is 8.71. The van der Waals surface area contributed by atoms with Crippen LogP contribution in [0, 0.1) is 0 Å². The number of carbonyl (C=O) groups is 2. The van der Waals surface area contributed by atoms with E-state index in [0.29, 0.717) is 17.9 Å². The number of carbonyl (C=O) groups excluding carboxylic acids is 2. The van der Waals surface area contributed by atoms with Gasteiger partial charge in [0.05, 0.1) is 11.8 Å². The second-order valence-electron chi connectivity index (χ2n) is 7.64. The van der Waals surface area contributed by atoms with E-state index in [1.54, 1.807) is 11.8 Å².